The van der Waals surface area contributed by atoms with Gasteiger partial charge in [0.05, 0.1) is 0 Å². The first-order valence-electron chi connectivity index (χ1n) is 1.65. The van der Waals surface area contributed by atoms with Crippen molar-refractivity contribution in [3.8, 4) is 0 Å². The highest BCUT2D eigenvalue weighted by molar-refractivity contribution is 14.3. The predicted molar refractivity (Wildman–Crippen MR) is 60.7 cm³/mol. The number of rotatable bonds is 0. The molecule has 0 spiro atoms. The number of carbonyl (C=O) groups is 1. The Morgan fingerprint density at radius 3 is 1.50 bits per heavy atom. The zero-order valence-electron chi connectivity index (χ0n) is 4.20. The van der Waals surface area contributed by atoms with Crippen LogP contribution in [0.2, 0.25) is 0 Å². The summed E-state index contributed by atoms with van der Waals surface area (Å²) in [6, 6.07) is 0. The van der Waals surface area contributed by atoms with E-state index in [1.54, 1.807) is 0 Å². The first-order valence-corrected chi connectivity index (χ1v) is 5.38. The summed E-state index contributed by atoms with van der Waals surface area (Å²) in [5, 5.41) is 0. The van der Waals surface area contributed by atoms with Crippen LogP contribution >= 0.6 is 67.8 Å². The minimum atomic E-state index is -0.333. The number of hydrogen-bond acceptors (Lipinski definition) is 1. The van der Waals surface area contributed by atoms with Crippen molar-refractivity contribution in [2.24, 2.45) is 5.73 Å². The fourth-order valence-corrected chi connectivity index (χ4v) is 0. The van der Waals surface area contributed by atoms with Crippen LogP contribution in [0, 0.1) is 0 Å². The molecule has 0 aromatic heterocycles. The normalized spacial score (nSPS) is 7.62. The summed E-state index contributed by atoms with van der Waals surface area (Å²) in [4.78, 5) is 9.22. The van der Waals surface area contributed by atoms with Crippen LogP contribution in [-0.4, -0.2) is 5.85 Å². The first-order chi connectivity index (χ1) is 3.46. The second kappa shape index (κ2) is 8.66. The van der Waals surface area contributed by atoms with Crippen molar-refractivity contribution in [3.05, 3.63) is 0 Å². The minimum Gasteiger partial charge on any atom is -0.370 e. The van der Waals surface area contributed by atoms with E-state index < -0.39 is 0 Å². The van der Waals surface area contributed by atoms with E-state index in [2.05, 4.69) is 73.5 Å². The molecule has 0 saturated heterocycles. The molecule has 0 saturated carbocycles. The van der Waals surface area contributed by atoms with Crippen molar-refractivity contribution < 1.29 is 4.79 Å². The largest absolute Gasteiger partial charge is 0.370 e. The highest BCUT2D eigenvalue weighted by Gasteiger charge is 1.76. The second-order valence-corrected chi connectivity index (χ2v) is 11.7. The van der Waals surface area contributed by atoms with E-state index in [1.807, 2.05) is 0 Å². The van der Waals surface area contributed by atoms with Gasteiger partial charge in [-0.05, 0) is 0 Å². The molecule has 5 heteroatoms. The highest BCUT2D eigenvalue weighted by atomic mass is 127. The lowest BCUT2D eigenvalue weighted by Crippen LogP contribution is -2.01. The number of carbonyl (C=O) groups excluding carboxylic acids is 1. The van der Waals surface area contributed by atoms with Gasteiger partial charge < -0.3 is 5.73 Å². The van der Waals surface area contributed by atoms with Gasteiger partial charge in [-0.25, -0.2) is 0 Å². The van der Waals surface area contributed by atoms with E-state index in [0.29, 0.717) is 0 Å². The van der Waals surface area contributed by atoms with E-state index in [4.69, 9.17) is 0 Å². The average Bonchev–Trinajstić information content (AvgIpc) is 1.25. The van der Waals surface area contributed by atoms with Gasteiger partial charge >= 0.3 is 0 Å². The maximum Gasteiger partial charge on any atom is 0.214 e. The smallest absolute Gasteiger partial charge is 0.214 e. The van der Waals surface area contributed by atoms with Gasteiger partial charge in [-0.2, -0.15) is 0 Å². The number of halogens is 3. The Morgan fingerprint density at radius 2 is 1.50 bits per heavy atom. The molecule has 0 aliphatic rings. The number of nitrogens with two attached hydrogens (primary N) is 1. The Hall–Kier alpha value is 1.66. The molecular formula is C3H6I3NO. The molecule has 2 nitrogen and oxygen atoms in total. The monoisotopic (exact) mass is 453 g/mol. The molecule has 0 radical (unpaired) electrons. The fourth-order valence-electron chi connectivity index (χ4n) is 0. The van der Waals surface area contributed by atoms with E-state index in [9.17, 15) is 4.79 Å². The average molecular weight is 453 g/mol. The topological polar surface area (TPSA) is 43.1 Å². The lowest BCUT2D eigenvalue weighted by Gasteiger charge is -1.71. The van der Waals surface area contributed by atoms with Crippen molar-refractivity contribution in [1.29, 1.82) is 0 Å². The number of hydrogen-bond donors (Lipinski definition) is 1. The summed E-state index contributed by atoms with van der Waals surface area (Å²) in [6.45, 7) is 1.31. The molecule has 0 bridgehead atoms. The molecule has 1 amide bonds. The summed E-state index contributed by atoms with van der Waals surface area (Å²) in [6.07, 6.45) is 0. The summed E-state index contributed by atoms with van der Waals surface area (Å²) >= 11 is 6.95. The van der Waals surface area contributed by atoms with Crippen molar-refractivity contribution in [3.63, 3.8) is 0 Å². The van der Waals surface area contributed by atoms with Crippen LogP contribution < -0.4 is 5.73 Å². The number of alkyl halides is 3. The summed E-state index contributed by atoms with van der Waals surface area (Å²) in [5.74, 6) is -0.333. The second-order valence-electron chi connectivity index (χ2n) is 0.858. The molecule has 0 aromatic carbocycles. The van der Waals surface area contributed by atoms with Crippen LogP contribution in [0.1, 0.15) is 6.92 Å². The third-order valence-corrected chi connectivity index (χ3v) is 0. The van der Waals surface area contributed by atoms with Crippen LogP contribution in [0.15, 0.2) is 0 Å². The highest BCUT2D eigenvalue weighted by Crippen LogP contribution is 2.16. The van der Waals surface area contributed by atoms with E-state index in [1.165, 1.54) is 6.92 Å². The SMILES string of the molecule is CC(N)=O.IC(I)I. The molecule has 0 rings (SSSR count). The quantitative estimate of drug-likeness (QED) is 0.444. The zero-order valence-corrected chi connectivity index (χ0v) is 10.7. The van der Waals surface area contributed by atoms with Crippen LogP contribution in [0.25, 0.3) is 0 Å². The molecule has 0 atom stereocenters. The Labute approximate surface area is 89.8 Å². The molecule has 0 aliphatic carbocycles. The Kier molecular flexibility index (Phi) is 13.4. The molecule has 8 heavy (non-hydrogen) atoms. The Balaban J connectivity index is 0. The van der Waals surface area contributed by atoms with Gasteiger partial charge in [0, 0.05) is 6.92 Å². The molecule has 50 valence electrons. The summed E-state index contributed by atoms with van der Waals surface area (Å²) in [7, 11) is 0. The van der Waals surface area contributed by atoms with Crippen LogP contribution in [-0.2, 0) is 4.79 Å². The van der Waals surface area contributed by atoms with Crippen LogP contribution in [0.4, 0.5) is 0 Å². The fraction of sp³-hybridized carbons (Fsp3) is 0.667. The Bertz CT molecular complexity index is 58.8. The van der Waals surface area contributed by atoms with Crippen LogP contribution in [0.3, 0.4) is 0 Å². The first kappa shape index (κ1) is 12.3. The molecule has 0 heterocycles. The standard InChI is InChI=1S/C2H5NO.CHI3/c1-2(3)4;2-1(3)4/h1H3,(H2,3,4);1H. The Morgan fingerprint density at radius 1 is 1.50 bits per heavy atom. The molecule has 0 aromatic rings. The minimum absolute atomic E-state index is 0.333. The van der Waals surface area contributed by atoms with E-state index in [-0.39, 0.29) is 5.91 Å². The zero-order chi connectivity index (χ0) is 7.15. The van der Waals surface area contributed by atoms with Crippen molar-refractivity contribution in [1.82, 2.24) is 0 Å². The van der Waals surface area contributed by atoms with Gasteiger partial charge in [-0.3, -0.25) is 4.79 Å². The van der Waals surface area contributed by atoms with E-state index in [0.717, 1.165) is -0.0619 Å². The number of primary amides is 1. The van der Waals surface area contributed by atoms with Crippen molar-refractivity contribution >= 4 is 73.7 Å². The lowest BCUT2D eigenvalue weighted by atomic mass is 10.8. The van der Waals surface area contributed by atoms with Crippen molar-refractivity contribution in [2.45, 2.75) is 6.86 Å². The molecule has 0 unspecified atom stereocenters. The van der Waals surface area contributed by atoms with Gasteiger partial charge in [-0.15, -0.1) is 0 Å². The summed E-state index contributed by atoms with van der Waals surface area (Å²) in [5.41, 5.74) is 4.47. The summed E-state index contributed by atoms with van der Waals surface area (Å²) < 4.78 is 0.743. The van der Waals surface area contributed by atoms with Gasteiger partial charge in [-0.1, -0.05) is 67.8 Å². The third-order valence-electron chi connectivity index (χ3n) is 0. The maximum atomic E-state index is 9.22. The maximum absolute atomic E-state index is 9.22. The van der Waals surface area contributed by atoms with E-state index >= 15 is 0 Å². The van der Waals surface area contributed by atoms with Gasteiger partial charge in [0.25, 0.3) is 0 Å². The predicted octanol–water partition coefficient (Wildman–Crippen LogP) is 2.07. The van der Waals surface area contributed by atoms with Gasteiger partial charge in [0.2, 0.25) is 5.91 Å². The van der Waals surface area contributed by atoms with Crippen LogP contribution in [0.5, 0.6) is 0 Å². The molecule has 0 aliphatic heterocycles. The van der Waals surface area contributed by atoms with Gasteiger partial charge in [0.15, 0.2) is 0 Å². The molecule has 2 N–H and O–H groups in total. The lowest BCUT2D eigenvalue weighted by molar-refractivity contribution is -0.115. The van der Waals surface area contributed by atoms with Crippen molar-refractivity contribution in [2.75, 3.05) is 0 Å². The number of amides is 1. The molecule has 0 fully saturated rings. The van der Waals surface area contributed by atoms with Gasteiger partial charge in [0.1, 0.15) is -0.0619 Å². The molecular weight excluding hydrogens is 447 g/mol. The third kappa shape index (κ3) is 123.